The second-order valence-corrected chi connectivity index (χ2v) is 10.8. The molecule has 2 saturated carbocycles. The van der Waals surface area contributed by atoms with Gasteiger partial charge < -0.3 is 14.8 Å². The molecule has 2 fully saturated rings. The first-order valence-corrected chi connectivity index (χ1v) is 14.5. The van der Waals surface area contributed by atoms with Gasteiger partial charge in [-0.3, -0.25) is 14.4 Å². The summed E-state index contributed by atoms with van der Waals surface area (Å²) < 4.78 is 10.7. The molecule has 2 aromatic carbocycles. The van der Waals surface area contributed by atoms with E-state index in [0.717, 1.165) is 11.1 Å². The molecule has 9 nitrogen and oxygen atoms in total. The predicted octanol–water partition coefficient (Wildman–Crippen LogP) is 5.24. The Bertz CT molecular complexity index is 1450. The number of aromatic nitrogens is 1. The molecule has 2 N–H and O–H groups in total. The zero-order valence-electron chi connectivity index (χ0n) is 24.2. The number of carbonyl (C=O) groups is 3. The minimum absolute atomic E-state index is 0.0880. The van der Waals surface area contributed by atoms with Crippen molar-refractivity contribution >= 4 is 23.5 Å². The molecule has 42 heavy (non-hydrogen) atoms. The Hall–Kier alpha value is -4.53. The Morgan fingerprint density at radius 2 is 1.60 bits per heavy atom. The lowest BCUT2D eigenvalue weighted by Gasteiger charge is -2.16. The average molecular weight is 569 g/mol. The third-order valence-corrected chi connectivity index (χ3v) is 7.41. The van der Waals surface area contributed by atoms with Crippen LogP contribution in [0.4, 0.5) is 0 Å². The number of pyridine rings is 1. The summed E-state index contributed by atoms with van der Waals surface area (Å²) in [5.74, 6) is -0.459. The summed E-state index contributed by atoms with van der Waals surface area (Å²) in [6.07, 6.45) is 6.86. The minimum atomic E-state index is -0.967. The molecular weight excluding hydrogens is 532 g/mol. The molecule has 218 valence electrons. The van der Waals surface area contributed by atoms with Crippen LogP contribution in [0.1, 0.15) is 97.0 Å². The number of ether oxygens (including phenoxy) is 2. The molecule has 0 unspecified atom stereocenters. The van der Waals surface area contributed by atoms with E-state index in [4.69, 9.17) is 9.47 Å². The minimum Gasteiger partial charge on any atom is -0.493 e. The number of hydrogen-bond acceptors (Lipinski definition) is 7. The van der Waals surface area contributed by atoms with E-state index >= 15 is 0 Å². The van der Waals surface area contributed by atoms with Crippen LogP contribution in [0.15, 0.2) is 65.9 Å². The van der Waals surface area contributed by atoms with E-state index in [1.54, 1.807) is 6.92 Å². The molecule has 9 heteroatoms. The molecule has 2 aliphatic rings. The quantitative estimate of drug-likeness (QED) is 0.175. The van der Waals surface area contributed by atoms with E-state index in [9.17, 15) is 14.4 Å². The Balaban J connectivity index is 1.35. The van der Waals surface area contributed by atoms with Crippen LogP contribution < -0.4 is 20.2 Å². The molecule has 0 radical (unpaired) electrons. The first-order chi connectivity index (χ1) is 20.4. The SMILES string of the molecule is CCCC(=O)Oc1c(OC)ccnc1C(=O)N[C@@H](C)C(=O)NN=C(c1cccc(C2CC2)c1)c1cccc(C2CC2)c1. The van der Waals surface area contributed by atoms with Crippen molar-refractivity contribution in [1.82, 2.24) is 15.7 Å². The van der Waals surface area contributed by atoms with Crippen molar-refractivity contribution in [2.75, 3.05) is 7.11 Å². The van der Waals surface area contributed by atoms with Gasteiger partial charge in [-0.15, -0.1) is 0 Å². The number of methoxy groups -OCH3 is 1. The molecule has 1 heterocycles. The van der Waals surface area contributed by atoms with Gasteiger partial charge >= 0.3 is 5.97 Å². The van der Waals surface area contributed by atoms with Crippen LogP contribution in [0, 0.1) is 0 Å². The third kappa shape index (κ3) is 7.02. The number of nitrogens with one attached hydrogen (secondary N) is 2. The molecule has 1 aromatic heterocycles. The average Bonchev–Trinajstić information content (AvgIpc) is 3.91. The fourth-order valence-electron chi connectivity index (χ4n) is 4.77. The highest BCUT2D eigenvalue weighted by Crippen LogP contribution is 2.41. The largest absolute Gasteiger partial charge is 0.493 e. The molecule has 0 aliphatic heterocycles. The third-order valence-electron chi connectivity index (χ3n) is 7.41. The number of hydrazone groups is 1. The fraction of sp³-hybridized carbons (Fsp3) is 0.364. The zero-order chi connectivity index (χ0) is 29.6. The molecule has 0 bridgehead atoms. The number of rotatable bonds is 12. The van der Waals surface area contributed by atoms with Crippen LogP contribution in [-0.2, 0) is 9.59 Å². The molecule has 0 saturated heterocycles. The number of carbonyl (C=O) groups excluding carboxylic acids is 3. The summed E-state index contributed by atoms with van der Waals surface area (Å²) in [5, 5.41) is 7.20. The van der Waals surface area contributed by atoms with Crippen molar-refractivity contribution in [3.05, 3.63) is 88.7 Å². The van der Waals surface area contributed by atoms with Gasteiger partial charge in [0.05, 0.1) is 12.8 Å². The van der Waals surface area contributed by atoms with Gasteiger partial charge in [0.25, 0.3) is 11.8 Å². The van der Waals surface area contributed by atoms with Crippen molar-refractivity contribution in [3.8, 4) is 11.5 Å². The van der Waals surface area contributed by atoms with Gasteiger partial charge in [-0.1, -0.05) is 43.3 Å². The van der Waals surface area contributed by atoms with E-state index in [2.05, 4.69) is 45.1 Å². The van der Waals surface area contributed by atoms with Gasteiger partial charge in [0, 0.05) is 29.8 Å². The lowest BCUT2D eigenvalue weighted by Crippen LogP contribution is -2.44. The summed E-state index contributed by atoms with van der Waals surface area (Å²) in [6, 6.07) is 17.1. The lowest BCUT2D eigenvalue weighted by molar-refractivity contribution is -0.134. The van der Waals surface area contributed by atoms with Gasteiger partial charge in [0.2, 0.25) is 5.75 Å². The van der Waals surface area contributed by atoms with Crippen LogP contribution in [0.25, 0.3) is 0 Å². The van der Waals surface area contributed by atoms with Gasteiger partial charge in [0.1, 0.15) is 6.04 Å². The van der Waals surface area contributed by atoms with Crippen molar-refractivity contribution in [2.24, 2.45) is 5.10 Å². The van der Waals surface area contributed by atoms with Crippen LogP contribution in [0.3, 0.4) is 0 Å². The zero-order valence-corrected chi connectivity index (χ0v) is 24.2. The highest BCUT2D eigenvalue weighted by molar-refractivity contribution is 6.13. The van der Waals surface area contributed by atoms with Crippen molar-refractivity contribution in [2.45, 2.75) is 70.3 Å². The Morgan fingerprint density at radius 3 is 2.14 bits per heavy atom. The van der Waals surface area contributed by atoms with E-state index in [-0.39, 0.29) is 23.6 Å². The van der Waals surface area contributed by atoms with Crippen LogP contribution in [0.2, 0.25) is 0 Å². The molecule has 1 atom stereocenters. The predicted molar refractivity (Wildman–Crippen MR) is 159 cm³/mol. The number of nitrogens with zero attached hydrogens (tertiary/aromatic N) is 2. The first kappa shape index (κ1) is 29.0. The highest BCUT2D eigenvalue weighted by atomic mass is 16.6. The van der Waals surface area contributed by atoms with Crippen molar-refractivity contribution in [3.63, 3.8) is 0 Å². The van der Waals surface area contributed by atoms with Gasteiger partial charge in [-0.25, -0.2) is 10.4 Å². The number of amides is 2. The van der Waals surface area contributed by atoms with E-state index < -0.39 is 23.8 Å². The van der Waals surface area contributed by atoms with Crippen LogP contribution in [-0.4, -0.2) is 41.6 Å². The van der Waals surface area contributed by atoms with E-state index in [1.807, 2.05) is 31.2 Å². The summed E-state index contributed by atoms with van der Waals surface area (Å²) in [4.78, 5) is 42.6. The summed E-state index contributed by atoms with van der Waals surface area (Å²) in [6.45, 7) is 3.39. The molecule has 0 spiro atoms. The van der Waals surface area contributed by atoms with Gasteiger partial charge in [-0.2, -0.15) is 5.10 Å². The lowest BCUT2D eigenvalue weighted by atomic mass is 9.97. The van der Waals surface area contributed by atoms with E-state index in [1.165, 1.54) is 56.2 Å². The molecule has 2 amide bonds. The Labute approximate surface area is 245 Å². The van der Waals surface area contributed by atoms with Crippen molar-refractivity contribution in [1.29, 1.82) is 0 Å². The maximum Gasteiger partial charge on any atom is 0.311 e. The molecule has 3 aromatic rings. The summed E-state index contributed by atoms with van der Waals surface area (Å²) >= 11 is 0. The first-order valence-electron chi connectivity index (χ1n) is 14.5. The van der Waals surface area contributed by atoms with Gasteiger partial charge in [0.15, 0.2) is 11.4 Å². The highest BCUT2D eigenvalue weighted by Gasteiger charge is 2.27. The second kappa shape index (κ2) is 13.0. The maximum absolute atomic E-state index is 13.2. The molecular formula is C33H36N4O5. The molecule has 2 aliphatic carbocycles. The monoisotopic (exact) mass is 568 g/mol. The number of hydrogen-bond donors (Lipinski definition) is 2. The molecule has 5 rings (SSSR count). The van der Waals surface area contributed by atoms with Crippen molar-refractivity contribution < 1.29 is 23.9 Å². The summed E-state index contributed by atoms with van der Waals surface area (Å²) in [7, 11) is 1.40. The second-order valence-electron chi connectivity index (χ2n) is 10.8. The number of benzene rings is 2. The smallest absolute Gasteiger partial charge is 0.311 e. The normalized spacial score (nSPS) is 14.8. The Morgan fingerprint density at radius 1 is 0.976 bits per heavy atom. The number of esters is 1. The fourth-order valence-corrected chi connectivity index (χ4v) is 4.77. The standard InChI is InChI=1S/C33H36N4O5/c1-4-7-28(38)42-31-27(41-3)16-17-34-30(31)33(40)35-20(2)32(39)37-36-29(25-10-5-8-23(18-25)21-12-13-21)26-11-6-9-24(19-26)22-14-15-22/h5-6,8-11,16-22H,4,7,12-15H2,1-3H3,(H,35,40)(H,37,39)/t20-/m0/s1. The van der Waals surface area contributed by atoms with E-state index in [0.29, 0.717) is 24.0 Å². The van der Waals surface area contributed by atoms with Gasteiger partial charge in [-0.05, 0) is 74.1 Å². The van der Waals surface area contributed by atoms with Crippen LogP contribution >= 0.6 is 0 Å². The maximum atomic E-state index is 13.2. The summed E-state index contributed by atoms with van der Waals surface area (Å²) in [5.41, 5.74) is 7.54. The Kier molecular flexibility index (Phi) is 8.95. The van der Waals surface area contributed by atoms with Crippen LogP contribution in [0.5, 0.6) is 11.5 Å². The topological polar surface area (TPSA) is 119 Å².